The Morgan fingerprint density at radius 3 is 2.91 bits per heavy atom. The minimum absolute atomic E-state index is 0.0572. The Morgan fingerprint density at radius 2 is 2.09 bits per heavy atom. The molecule has 0 aliphatic carbocycles. The number of aliphatic hydroxyl groups is 1. The average molecular weight is 292 g/mol. The summed E-state index contributed by atoms with van der Waals surface area (Å²) in [5.41, 5.74) is 9.02. The molecule has 0 saturated heterocycles. The zero-order valence-corrected chi connectivity index (χ0v) is 11.9. The van der Waals surface area contributed by atoms with Crippen LogP contribution in [0.3, 0.4) is 0 Å². The van der Waals surface area contributed by atoms with Crippen LogP contribution in [0.2, 0.25) is 0 Å². The van der Waals surface area contributed by atoms with Crippen LogP contribution in [0, 0.1) is 0 Å². The van der Waals surface area contributed by atoms with E-state index < -0.39 is 6.10 Å². The van der Waals surface area contributed by atoms with Gasteiger partial charge in [-0.05, 0) is 29.8 Å². The van der Waals surface area contributed by atoms with Crippen LogP contribution in [0.5, 0.6) is 0 Å². The van der Waals surface area contributed by atoms with Crippen molar-refractivity contribution in [2.45, 2.75) is 18.6 Å². The molecular formula is C17H16N4O. The summed E-state index contributed by atoms with van der Waals surface area (Å²) in [6.45, 7) is 0. The number of fused-ring (bicyclic) bond motifs is 3. The molecule has 2 aromatic rings. The Bertz CT molecular complexity index is 890. The molecule has 2 unspecified atom stereocenters. The third-order valence-electron chi connectivity index (χ3n) is 4.11. The molecule has 5 heteroatoms. The summed E-state index contributed by atoms with van der Waals surface area (Å²) >= 11 is 0. The molecule has 0 amide bonds. The number of allylic oxidation sites excluding steroid dienone is 2. The summed E-state index contributed by atoms with van der Waals surface area (Å²) in [6, 6.07) is 9.44. The van der Waals surface area contributed by atoms with Gasteiger partial charge in [0.15, 0.2) is 5.49 Å². The van der Waals surface area contributed by atoms with E-state index in [1.54, 1.807) is 6.34 Å². The molecule has 2 atom stereocenters. The Morgan fingerprint density at radius 1 is 1.27 bits per heavy atom. The maximum atomic E-state index is 10.5. The standard InChI is InChI=1S/C17H16N4O/c18-12-6-4-11(5-7-12)16(22)9-14-3-1-2-13-8-15-17(21(13)14)20-10-19-15/h1-8,10,14,16,22H,9,18H2. The first kappa shape index (κ1) is 13.0. The second-order valence-electron chi connectivity index (χ2n) is 5.56. The van der Waals surface area contributed by atoms with Gasteiger partial charge >= 0.3 is 0 Å². The lowest BCUT2D eigenvalue weighted by Crippen LogP contribution is -2.32. The van der Waals surface area contributed by atoms with Gasteiger partial charge in [0.25, 0.3) is 0 Å². The lowest BCUT2D eigenvalue weighted by molar-refractivity contribution is 0.152. The van der Waals surface area contributed by atoms with Crippen LogP contribution in [0.4, 0.5) is 11.4 Å². The summed E-state index contributed by atoms with van der Waals surface area (Å²) in [5, 5.41) is 11.6. The second-order valence-corrected chi connectivity index (χ2v) is 5.56. The van der Waals surface area contributed by atoms with E-state index in [9.17, 15) is 5.11 Å². The molecule has 1 aromatic heterocycles. The maximum absolute atomic E-state index is 10.5. The van der Waals surface area contributed by atoms with Crippen molar-refractivity contribution >= 4 is 23.8 Å². The molecule has 2 aliphatic heterocycles. The predicted molar refractivity (Wildman–Crippen MR) is 86.4 cm³/mol. The number of aliphatic hydroxyl groups excluding tert-OH is 1. The molecule has 2 aliphatic rings. The van der Waals surface area contributed by atoms with Gasteiger partial charge in [-0.2, -0.15) is 0 Å². The number of aromatic nitrogens is 1. The fraction of sp³-hybridized carbons (Fsp3) is 0.176. The van der Waals surface area contributed by atoms with E-state index in [2.05, 4.69) is 20.6 Å². The summed E-state index contributed by atoms with van der Waals surface area (Å²) in [5.74, 6) is 0. The van der Waals surface area contributed by atoms with Crippen LogP contribution >= 0.6 is 0 Å². The Balaban J connectivity index is 1.65. The van der Waals surface area contributed by atoms with E-state index in [1.165, 1.54) is 0 Å². The number of hydrogen-bond donors (Lipinski definition) is 2. The van der Waals surface area contributed by atoms with E-state index in [1.807, 2.05) is 42.5 Å². The van der Waals surface area contributed by atoms with Crippen molar-refractivity contribution in [1.29, 1.82) is 0 Å². The molecule has 0 bridgehead atoms. The van der Waals surface area contributed by atoms with Crippen LogP contribution in [0.1, 0.15) is 24.1 Å². The number of aliphatic imine (C=N–C) groups is 1. The van der Waals surface area contributed by atoms with Gasteiger partial charge in [-0.25, -0.2) is 9.98 Å². The fourth-order valence-corrected chi connectivity index (χ4v) is 3.00. The summed E-state index contributed by atoms with van der Waals surface area (Å²) in [6.07, 6.45) is 7.74. The summed E-state index contributed by atoms with van der Waals surface area (Å²) in [7, 11) is 0. The van der Waals surface area contributed by atoms with Crippen molar-refractivity contribution in [3.05, 3.63) is 58.9 Å². The molecule has 0 fully saturated rings. The van der Waals surface area contributed by atoms with Gasteiger partial charge in [0.2, 0.25) is 0 Å². The molecule has 22 heavy (non-hydrogen) atoms. The lowest BCUT2D eigenvalue weighted by Gasteiger charge is -2.21. The molecule has 3 N–H and O–H groups in total. The fourth-order valence-electron chi connectivity index (χ4n) is 3.00. The van der Waals surface area contributed by atoms with E-state index in [4.69, 9.17) is 5.73 Å². The van der Waals surface area contributed by atoms with Crippen molar-refractivity contribution < 1.29 is 5.11 Å². The van der Waals surface area contributed by atoms with E-state index >= 15 is 0 Å². The molecule has 3 heterocycles. The van der Waals surface area contributed by atoms with Crippen LogP contribution in [0.15, 0.2) is 52.5 Å². The van der Waals surface area contributed by atoms with Crippen molar-refractivity contribution in [1.82, 2.24) is 4.57 Å². The number of hydrogen-bond acceptors (Lipinski definition) is 4. The highest BCUT2D eigenvalue weighted by Gasteiger charge is 2.21. The first-order valence-corrected chi connectivity index (χ1v) is 7.26. The molecule has 0 saturated carbocycles. The minimum atomic E-state index is -0.554. The van der Waals surface area contributed by atoms with Crippen LogP contribution < -0.4 is 16.6 Å². The van der Waals surface area contributed by atoms with Crippen molar-refractivity contribution in [3.63, 3.8) is 0 Å². The Kier molecular flexibility index (Phi) is 2.94. The first-order chi connectivity index (χ1) is 10.7. The molecule has 0 spiro atoms. The highest BCUT2D eigenvalue weighted by molar-refractivity contribution is 5.66. The summed E-state index contributed by atoms with van der Waals surface area (Å²) in [4.78, 5) is 8.58. The molecule has 0 radical (unpaired) electrons. The lowest BCUT2D eigenvalue weighted by atomic mass is 10.0. The van der Waals surface area contributed by atoms with Crippen LogP contribution in [-0.2, 0) is 0 Å². The van der Waals surface area contributed by atoms with Crippen LogP contribution in [0.25, 0.3) is 6.08 Å². The number of nitrogens with zero attached hydrogens (tertiary/aromatic N) is 3. The molecule has 5 nitrogen and oxygen atoms in total. The van der Waals surface area contributed by atoms with Gasteiger partial charge in [0.05, 0.1) is 12.1 Å². The zero-order valence-electron chi connectivity index (χ0n) is 11.9. The Hall–Kier alpha value is -2.66. The molecule has 110 valence electrons. The van der Waals surface area contributed by atoms with Crippen molar-refractivity contribution in [2.24, 2.45) is 9.98 Å². The SMILES string of the molecule is Nc1ccc(C(O)CC2C=CC=c3cc4c(n32)=NC=N4)cc1. The predicted octanol–water partition coefficient (Wildman–Crippen LogP) is 1.38. The third-order valence-corrected chi connectivity index (χ3v) is 4.11. The number of nitrogen functional groups attached to an aromatic ring is 1. The van der Waals surface area contributed by atoms with E-state index in [0.717, 1.165) is 22.1 Å². The van der Waals surface area contributed by atoms with Crippen molar-refractivity contribution in [2.75, 3.05) is 5.73 Å². The zero-order chi connectivity index (χ0) is 15.1. The number of benzene rings is 1. The molecular weight excluding hydrogens is 276 g/mol. The first-order valence-electron chi connectivity index (χ1n) is 7.26. The van der Waals surface area contributed by atoms with E-state index in [-0.39, 0.29) is 6.04 Å². The van der Waals surface area contributed by atoms with Crippen LogP contribution in [-0.4, -0.2) is 16.0 Å². The van der Waals surface area contributed by atoms with Gasteiger partial charge in [-0.3, -0.25) is 0 Å². The topological polar surface area (TPSA) is 75.9 Å². The molecule has 1 aromatic carbocycles. The maximum Gasteiger partial charge on any atom is 0.161 e. The Labute approximate surface area is 127 Å². The van der Waals surface area contributed by atoms with Gasteiger partial charge in [0.1, 0.15) is 12.0 Å². The highest BCUT2D eigenvalue weighted by Crippen LogP contribution is 2.26. The van der Waals surface area contributed by atoms with Gasteiger partial charge in [-0.1, -0.05) is 24.3 Å². The number of nitrogens with two attached hydrogens (primary N) is 1. The summed E-state index contributed by atoms with van der Waals surface area (Å²) < 4.78 is 2.13. The highest BCUT2D eigenvalue weighted by atomic mass is 16.3. The minimum Gasteiger partial charge on any atom is -0.399 e. The smallest absolute Gasteiger partial charge is 0.161 e. The van der Waals surface area contributed by atoms with E-state index in [0.29, 0.717) is 12.1 Å². The normalized spacial score (nSPS) is 19.2. The average Bonchev–Trinajstić information content (AvgIpc) is 3.08. The third kappa shape index (κ3) is 2.07. The van der Waals surface area contributed by atoms with Gasteiger partial charge < -0.3 is 15.4 Å². The quantitative estimate of drug-likeness (QED) is 0.839. The van der Waals surface area contributed by atoms with Gasteiger partial charge in [-0.15, -0.1) is 0 Å². The number of anilines is 1. The monoisotopic (exact) mass is 292 g/mol. The number of rotatable bonds is 3. The van der Waals surface area contributed by atoms with Crippen molar-refractivity contribution in [3.8, 4) is 0 Å². The second kappa shape index (κ2) is 4.96. The van der Waals surface area contributed by atoms with Gasteiger partial charge in [0, 0.05) is 17.5 Å². The molecule has 4 rings (SSSR count). The largest absolute Gasteiger partial charge is 0.399 e.